The van der Waals surface area contributed by atoms with Gasteiger partial charge in [0.25, 0.3) is 0 Å². The molecule has 0 fully saturated rings. The van der Waals surface area contributed by atoms with Crippen LogP contribution >= 0.6 is 9.12 Å². The Kier molecular flexibility index (Phi) is 10.4. The number of ketones is 1. The number of aryl methyl sites for hydroxylation is 3. The fourth-order valence-electron chi connectivity index (χ4n) is 3.14. The van der Waals surface area contributed by atoms with Crippen LogP contribution in [-0.2, 0) is 9.36 Å². The Morgan fingerprint density at radius 3 is 1.96 bits per heavy atom. The van der Waals surface area contributed by atoms with Gasteiger partial charge in [0, 0.05) is 12.0 Å². The summed E-state index contributed by atoms with van der Waals surface area (Å²) in [6, 6.07) is 4.08. The molecule has 1 N–H and O–H groups in total. The highest BCUT2D eigenvalue weighted by atomic mass is 31.0. The molecule has 0 radical (unpaired) electrons. The second-order valence-electron chi connectivity index (χ2n) is 6.63. The molecule has 1 aromatic rings. The normalized spacial score (nSPS) is 11.6. The van der Waals surface area contributed by atoms with Crippen LogP contribution in [-0.4, -0.2) is 16.9 Å². The average molecular weight is 352 g/mol. The number of Topliss-reactive ketones (excluding diaryl/α,β-unsaturated/α-hetero) is 1. The number of unbranched alkanes of at least 4 members (excludes halogenated alkanes) is 1. The number of carboxylic acid groups (broad SMARTS) is 1. The third-order valence-electron chi connectivity index (χ3n) is 4.25. The summed E-state index contributed by atoms with van der Waals surface area (Å²) < 4.78 is 8.06. The standard InChI is InChI=1S/C19H28O3.HOP/c1-12(2)16(19(21)22)8-6-7-9-17(20)18-14(4)10-13(3)11-15(18)5;1-2/h10-12,16H,6-9H2,1-5H3,(H,21,22);2H. The Bertz CT molecular complexity index is 543. The molecule has 1 atom stereocenters. The van der Waals surface area contributed by atoms with E-state index in [4.69, 9.17) is 9.67 Å². The molecule has 0 saturated carbocycles. The lowest BCUT2D eigenvalue weighted by Gasteiger charge is -2.15. The molecule has 1 aromatic carbocycles. The van der Waals surface area contributed by atoms with E-state index < -0.39 is 5.97 Å². The van der Waals surface area contributed by atoms with Crippen molar-refractivity contribution in [2.24, 2.45) is 11.8 Å². The topological polar surface area (TPSA) is 71.4 Å². The number of benzene rings is 1. The van der Waals surface area contributed by atoms with Crippen LogP contribution in [0.5, 0.6) is 0 Å². The third-order valence-corrected chi connectivity index (χ3v) is 4.25. The molecule has 5 heteroatoms. The number of hydrogen-bond acceptors (Lipinski definition) is 3. The third kappa shape index (κ3) is 6.92. The summed E-state index contributed by atoms with van der Waals surface area (Å²) in [4.78, 5) is 23.5. The zero-order valence-corrected chi connectivity index (χ0v) is 16.3. The summed E-state index contributed by atoms with van der Waals surface area (Å²) in [6.07, 6.45) is 2.67. The molecule has 0 aliphatic heterocycles. The summed E-state index contributed by atoms with van der Waals surface area (Å²) in [6.45, 7) is 9.86. The van der Waals surface area contributed by atoms with Gasteiger partial charge in [-0.05, 0) is 50.7 Å². The van der Waals surface area contributed by atoms with Crippen molar-refractivity contribution in [1.82, 2.24) is 0 Å². The van der Waals surface area contributed by atoms with Crippen LogP contribution in [0, 0.1) is 32.6 Å². The molecule has 24 heavy (non-hydrogen) atoms. The number of rotatable bonds is 8. The molecule has 134 valence electrons. The molecule has 0 saturated heterocycles. The minimum Gasteiger partial charge on any atom is -0.481 e. The summed E-state index contributed by atoms with van der Waals surface area (Å²) in [5.41, 5.74) is 4.08. The molecule has 0 aliphatic rings. The van der Waals surface area contributed by atoms with E-state index in [9.17, 15) is 9.59 Å². The van der Waals surface area contributed by atoms with Gasteiger partial charge in [-0.25, -0.2) is 0 Å². The largest absolute Gasteiger partial charge is 0.481 e. The maximum Gasteiger partial charge on any atom is 0.306 e. The second kappa shape index (κ2) is 11.1. The fraction of sp³-hybridized carbons (Fsp3) is 0.579. The Labute approximate surface area is 147 Å². The van der Waals surface area contributed by atoms with E-state index in [-0.39, 0.29) is 17.6 Å². The van der Waals surface area contributed by atoms with E-state index >= 15 is 0 Å². The lowest BCUT2D eigenvalue weighted by atomic mass is 9.89. The Hall–Kier alpha value is -1.54. The maximum absolute atomic E-state index is 12.4. The predicted molar refractivity (Wildman–Crippen MR) is 98.4 cm³/mol. The average Bonchev–Trinajstić information content (AvgIpc) is 2.47. The van der Waals surface area contributed by atoms with Crippen LogP contribution in [0.3, 0.4) is 0 Å². The highest BCUT2D eigenvalue weighted by molar-refractivity contribution is 7.00. The van der Waals surface area contributed by atoms with Crippen molar-refractivity contribution >= 4 is 20.9 Å². The minimum atomic E-state index is -0.730. The van der Waals surface area contributed by atoms with Crippen molar-refractivity contribution in [2.45, 2.75) is 60.3 Å². The highest BCUT2D eigenvalue weighted by Gasteiger charge is 2.21. The molecule has 0 aliphatic carbocycles. The Morgan fingerprint density at radius 1 is 1.04 bits per heavy atom. The Morgan fingerprint density at radius 2 is 1.54 bits per heavy atom. The first-order chi connectivity index (χ1) is 11.2. The van der Waals surface area contributed by atoms with Gasteiger partial charge in [-0.15, -0.1) is 0 Å². The van der Waals surface area contributed by atoms with Gasteiger partial charge in [0.15, 0.2) is 5.78 Å². The van der Waals surface area contributed by atoms with Gasteiger partial charge in [0.2, 0.25) is 0 Å². The van der Waals surface area contributed by atoms with Crippen molar-refractivity contribution in [1.29, 1.82) is 0 Å². The van der Waals surface area contributed by atoms with E-state index in [1.54, 1.807) is 9.12 Å². The van der Waals surface area contributed by atoms with Gasteiger partial charge in [-0.2, -0.15) is 0 Å². The number of hydrogen-bond donors (Lipinski definition) is 1. The first-order valence-electron chi connectivity index (χ1n) is 8.28. The monoisotopic (exact) mass is 352 g/mol. The van der Waals surface area contributed by atoms with Crippen LogP contribution in [0.1, 0.15) is 66.6 Å². The van der Waals surface area contributed by atoms with Gasteiger partial charge in [0.05, 0.1) is 5.92 Å². The van der Waals surface area contributed by atoms with Crippen molar-refractivity contribution < 1.29 is 19.3 Å². The van der Waals surface area contributed by atoms with E-state index in [2.05, 4.69) is 0 Å². The number of carbonyl (C=O) groups is 2. The highest BCUT2D eigenvalue weighted by Crippen LogP contribution is 2.22. The maximum atomic E-state index is 12.4. The van der Waals surface area contributed by atoms with Crippen molar-refractivity contribution in [3.8, 4) is 0 Å². The van der Waals surface area contributed by atoms with E-state index in [0.717, 1.165) is 29.5 Å². The summed E-state index contributed by atoms with van der Waals surface area (Å²) in [5, 5.41) is 9.16. The van der Waals surface area contributed by atoms with Gasteiger partial charge >= 0.3 is 5.97 Å². The van der Waals surface area contributed by atoms with Crippen LogP contribution in [0.4, 0.5) is 0 Å². The van der Waals surface area contributed by atoms with Crippen molar-refractivity contribution in [2.75, 3.05) is 0 Å². The van der Waals surface area contributed by atoms with Gasteiger partial charge in [0.1, 0.15) is 9.12 Å². The molecular formula is C19H29O4P. The fourth-order valence-corrected chi connectivity index (χ4v) is 3.14. The number of carbonyl (C=O) groups excluding carboxylic acids is 1. The van der Waals surface area contributed by atoms with Crippen molar-refractivity contribution in [3.63, 3.8) is 0 Å². The molecule has 0 spiro atoms. The van der Waals surface area contributed by atoms with Crippen LogP contribution in [0.15, 0.2) is 12.1 Å². The number of carboxylic acids is 1. The Balaban J connectivity index is 0.00000254. The SMILES string of the molecule is Cc1cc(C)c(C(=O)CCCCC(C(=O)O)C(C)C)c(C)c1.O=P. The molecule has 0 aromatic heterocycles. The van der Waals surface area contributed by atoms with Crippen molar-refractivity contribution in [3.05, 3.63) is 34.4 Å². The lowest BCUT2D eigenvalue weighted by Crippen LogP contribution is -2.19. The van der Waals surface area contributed by atoms with E-state index in [1.807, 2.05) is 46.8 Å². The summed E-state index contributed by atoms with van der Waals surface area (Å²) in [7, 11) is 1.72. The van der Waals surface area contributed by atoms with Gasteiger partial charge in [-0.1, -0.05) is 38.0 Å². The van der Waals surface area contributed by atoms with Gasteiger partial charge < -0.3 is 5.11 Å². The van der Waals surface area contributed by atoms with E-state index in [1.165, 1.54) is 5.56 Å². The molecule has 0 heterocycles. The molecule has 1 unspecified atom stereocenters. The van der Waals surface area contributed by atoms with Crippen LogP contribution in [0.25, 0.3) is 0 Å². The molecule has 0 bridgehead atoms. The number of aliphatic carboxylic acids is 1. The van der Waals surface area contributed by atoms with E-state index in [0.29, 0.717) is 12.8 Å². The first kappa shape index (κ1) is 22.5. The zero-order chi connectivity index (χ0) is 18.9. The molecular weight excluding hydrogens is 323 g/mol. The molecule has 1 rings (SSSR count). The minimum absolute atomic E-state index is 0.134. The molecule has 4 nitrogen and oxygen atoms in total. The predicted octanol–water partition coefficient (Wildman–Crippen LogP) is 5.19. The van der Waals surface area contributed by atoms with Crippen LogP contribution < -0.4 is 0 Å². The van der Waals surface area contributed by atoms with Crippen LogP contribution in [0.2, 0.25) is 0 Å². The summed E-state index contributed by atoms with van der Waals surface area (Å²) >= 11 is 0. The first-order valence-corrected chi connectivity index (χ1v) is 8.69. The smallest absolute Gasteiger partial charge is 0.306 e. The lowest BCUT2D eigenvalue weighted by molar-refractivity contribution is -0.143. The second-order valence-corrected chi connectivity index (χ2v) is 6.63. The van der Waals surface area contributed by atoms with Gasteiger partial charge in [-0.3, -0.25) is 14.2 Å². The summed E-state index contributed by atoms with van der Waals surface area (Å²) in [5.74, 6) is -0.731. The quantitative estimate of drug-likeness (QED) is 0.397. The molecule has 0 amide bonds. The zero-order valence-electron chi connectivity index (χ0n) is 15.3.